The Bertz CT molecular complexity index is 2610. The minimum atomic E-state index is -0.686. The summed E-state index contributed by atoms with van der Waals surface area (Å²) in [6.45, 7) is 9.04. The molecule has 0 bridgehead atoms. The number of hydrogen-bond acceptors (Lipinski definition) is 8. The van der Waals surface area contributed by atoms with Crippen molar-refractivity contribution in [3.05, 3.63) is 83.6 Å². The molecule has 2 aliphatic heterocycles. The highest BCUT2D eigenvalue weighted by Gasteiger charge is 2.43. The number of likely N-dealkylation sites (tertiary alicyclic amines) is 2. The van der Waals surface area contributed by atoms with E-state index in [9.17, 15) is 19.2 Å². The molecule has 2 aromatic heterocycles. The SMILES string of the molecule is CCC(C)[C@H](NC(=O)OC)C(=O)N1CCC[C@H]1c1nc2ccc(-c3ccc(-c4ccc(-c5cnc([C@@H]6CCCN6C(=O)[C@@H](NC(=O)OC)C(C)C)[nH]5)cc4)c4c3CC3(CCCC3)C4)cc2[nH]1. The number of carbonyl (C=O) groups is 4. The second-order valence-electron chi connectivity index (χ2n) is 19.5. The fraction of sp³-hybridized carbons (Fsp3) is 0.500. The van der Waals surface area contributed by atoms with Crippen LogP contribution in [0.25, 0.3) is 44.5 Å². The van der Waals surface area contributed by atoms with Crippen LogP contribution in [0.5, 0.6) is 0 Å². The van der Waals surface area contributed by atoms with E-state index in [1.54, 1.807) is 0 Å². The van der Waals surface area contributed by atoms with Crippen molar-refractivity contribution in [3.8, 4) is 33.5 Å². The molecule has 4 heterocycles. The van der Waals surface area contributed by atoms with E-state index in [1.165, 1.54) is 67.7 Å². The standard InChI is InChI=1S/C52H64N8O6/c1-7-31(4)45(58-51(64)66-6)49(62)60-25-11-13-43(60)47-54-39-21-18-34(26-40(39)55-47)36-20-19-35(37-27-52(28-38(36)37)22-8-9-23-52)32-14-16-33(17-15-32)41-29-53-46(56-41)42-12-10-24-59(42)48(61)44(30(2)3)57-50(63)65-5/h14-21,26,29-31,42-45H,7-13,22-25,27-28H2,1-6H3,(H,53,56)(H,54,55)(H,57,63)(H,58,64)/t31?,42-,43-,44-,45-/m0/s1. The van der Waals surface area contributed by atoms with Crippen LogP contribution in [0.2, 0.25) is 0 Å². The topological polar surface area (TPSA) is 175 Å². The number of rotatable bonds is 12. The van der Waals surface area contributed by atoms with E-state index in [2.05, 4.69) is 75.2 Å². The summed E-state index contributed by atoms with van der Waals surface area (Å²) < 4.78 is 9.68. The number of aromatic nitrogens is 4. The second-order valence-corrected chi connectivity index (χ2v) is 19.5. The first-order chi connectivity index (χ1) is 31.9. The molecule has 0 radical (unpaired) electrons. The predicted molar refractivity (Wildman–Crippen MR) is 253 cm³/mol. The fourth-order valence-corrected chi connectivity index (χ4v) is 11.3. The Morgan fingerprint density at radius 3 is 1.89 bits per heavy atom. The predicted octanol–water partition coefficient (Wildman–Crippen LogP) is 9.42. The van der Waals surface area contributed by atoms with Crippen molar-refractivity contribution in [2.75, 3.05) is 27.3 Å². The first-order valence-corrected chi connectivity index (χ1v) is 24.0. The van der Waals surface area contributed by atoms with Crippen LogP contribution in [0.3, 0.4) is 0 Å². The van der Waals surface area contributed by atoms with Gasteiger partial charge in [-0.3, -0.25) is 9.59 Å². The lowest BCUT2D eigenvalue weighted by molar-refractivity contribution is -0.136. The van der Waals surface area contributed by atoms with Gasteiger partial charge in [-0.2, -0.15) is 0 Å². The molecule has 14 heteroatoms. The first kappa shape index (κ1) is 45.0. The van der Waals surface area contributed by atoms with E-state index in [1.807, 2.05) is 43.7 Å². The third-order valence-corrected chi connectivity index (χ3v) is 15.1. The van der Waals surface area contributed by atoms with Crippen LogP contribution in [-0.4, -0.2) is 93.1 Å². The van der Waals surface area contributed by atoms with Crippen LogP contribution in [0.15, 0.2) is 60.8 Å². The third-order valence-electron chi connectivity index (χ3n) is 15.1. The summed E-state index contributed by atoms with van der Waals surface area (Å²) in [6.07, 6.45) is 11.9. The lowest BCUT2D eigenvalue weighted by atomic mass is 9.82. The molecule has 1 saturated carbocycles. The third kappa shape index (κ3) is 8.54. The van der Waals surface area contributed by atoms with Gasteiger partial charge in [0.05, 0.1) is 49.2 Å². The molecular weight excluding hydrogens is 833 g/mol. The fourth-order valence-electron chi connectivity index (χ4n) is 11.3. The molecule has 1 spiro atoms. The van der Waals surface area contributed by atoms with Crippen LogP contribution >= 0.6 is 0 Å². The number of nitrogens with one attached hydrogen (secondary N) is 4. The zero-order chi connectivity index (χ0) is 46.3. The Balaban J connectivity index is 0.964. The van der Waals surface area contributed by atoms with E-state index in [4.69, 9.17) is 19.4 Å². The van der Waals surface area contributed by atoms with E-state index in [0.717, 1.165) is 84.4 Å². The van der Waals surface area contributed by atoms with Crippen LogP contribution in [0.4, 0.5) is 9.59 Å². The highest BCUT2D eigenvalue weighted by Crippen LogP contribution is 2.53. The molecule has 2 saturated heterocycles. The summed E-state index contributed by atoms with van der Waals surface area (Å²) >= 11 is 0. The molecule has 66 heavy (non-hydrogen) atoms. The summed E-state index contributed by atoms with van der Waals surface area (Å²) in [5.41, 5.74) is 11.8. The maximum Gasteiger partial charge on any atom is 0.407 e. The van der Waals surface area contributed by atoms with Crippen molar-refractivity contribution in [2.45, 2.75) is 122 Å². The maximum absolute atomic E-state index is 14.0. The minimum Gasteiger partial charge on any atom is -0.453 e. The molecule has 5 aromatic rings. The summed E-state index contributed by atoms with van der Waals surface area (Å²) in [4.78, 5) is 72.7. The van der Waals surface area contributed by atoms with Gasteiger partial charge < -0.3 is 39.9 Å². The van der Waals surface area contributed by atoms with E-state index in [0.29, 0.717) is 18.5 Å². The Morgan fingerprint density at radius 1 is 0.727 bits per heavy atom. The summed E-state index contributed by atoms with van der Waals surface area (Å²) in [7, 11) is 2.62. The van der Waals surface area contributed by atoms with Gasteiger partial charge in [0.2, 0.25) is 11.8 Å². The van der Waals surface area contributed by atoms with Crippen LogP contribution < -0.4 is 10.6 Å². The van der Waals surface area contributed by atoms with Crippen LogP contribution in [0.1, 0.15) is 120 Å². The van der Waals surface area contributed by atoms with Gasteiger partial charge in [0.25, 0.3) is 0 Å². The monoisotopic (exact) mass is 896 g/mol. The molecule has 5 atom stereocenters. The molecule has 3 fully saturated rings. The van der Waals surface area contributed by atoms with Gasteiger partial charge in [-0.25, -0.2) is 19.6 Å². The van der Waals surface area contributed by atoms with Gasteiger partial charge in [-0.15, -0.1) is 0 Å². The maximum atomic E-state index is 14.0. The number of nitrogens with zero attached hydrogens (tertiary/aromatic N) is 4. The smallest absolute Gasteiger partial charge is 0.407 e. The molecule has 1 unspecified atom stereocenters. The van der Waals surface area contributed by atoms with Crippen molar-refractivity contribution < 1.29 is 28.7 Å². The second kappa shape index (κ2) is 18.6. The number of methoxy groups -OCH3 is 2. The van der Waals surface area contributed by atoms with Crippen molar-refractivity contribution in [2.24, 2.45) is 17.3 Å². The largest absolute Gasteiger partial charge is 0.453 e. The van der Waals surface area contributed by atoms with Crippen molar-refractivity contribution in [1.29, 1.82) is 0 Å². The quantitative estimate of drug-likeness (QED) is 0.0958. The molecule has 4 N–H and O–H groups in total. The van der Waals surface area contributed by atoms with Gasteiger partial charge in [0.1, 0.15) is 23.7 Å². The van der Waals surface area contributed by atoms with Gasteiger partial charge in [-0.1, -0.05) is 89.4 Å². The van der Waals surface area contributed by atoms with E-state index >= 15 is 0 Å². The average Bonchev–Trinajstić information content (AvgIpc) is 4.20. The summed E-state index contributed by atoms with van der Waals surface area (Å²) in [6, 6.07) is 18.1. The van der Waals surface area contributed by atoms with Gasteiger partial charge in [0.15, 0.2) is 0 Å². The lowest BCUT2D eigenvalue weighted by Crippen LogP contribution is -2.51. The normalized spacial score (nSPS) is 20.2. The van der Waals surface area contributed by atoms with Gasteiger partial charge in [-0.05, 0) is 120 Å². The molecule has 14 nitrogen and oxygen atoms in total. The molecule has 4 aliphatic rings. The molecular formula is C52H64N8O6. The lowest BCUT2D eigenvalue weighted by Gasteiger charge is -2.30. The zero-order valence-electron chi connectivity index (χ0n) is 39.2. The number of benzene rings is 3. The van der Waals surface area contributed by atoms with Gasteiger partial charge >= 0.3 is 12.2 Å². The number of hydrogen-bond donors (Lipinski definition) is 4. The van der Waals surface area contributed by atoms with Gasteiger partial charge in [0, 0.05) is 13.1 Å². The highest BCUT2D eigenvalue weighted by atomic mass is 16.5. The molecule has 2 aliphatic carbocycles. The first-order valence-electron chi connectivity index (χ1n) is 24.0. The molecule has 3 aromatic carbocycles. The highest BCUT2D eigenvalue weighted by molar-refractivity contribution is 5.88. The number of aromatic amines is 2. The Morgan fingerprint density at radius 2 is 1.29 bits per heavy atom. The number of fused-ring (bicyclic) bond motifs is 2. The minimum absolute atomic E-state index is 0.0546. The number of carbonyl (C=O) groups excluding carboxylic acids is 4. The number of ether oxygens (including phenoxy) is 2. The van der Waals surface area contributed by atoms with E-state index < -0.39 is 24.3 Å². The molecule has 348 valence electrons. The van der Waals surface area contributed by atoms with Crippen molar-refractivity contribution in [1.82, 2.24) is 40.4 Å². The Kier molecular flexibility index (Phi) is 12.7. The number of H-pyrrole nitrogens is 2. The van der Waals surface area contributed by atoms with Crippen LogP contribution in [0, 0.1) is 17.3 Å². The van der Waals surface area contributed by atoms with E-state index in [-0.39, 0.29) is 35.7 Å². The Hall–Kier alpha value is -6.18. The number of imidazole rings is 2. The summed E-state index contributed by atoms with van der Waals surface area (Å²) in [5.74, 6) is 1.13. The van der Waals surface area contributed by atoms with Crippen molar-refractivity contribution >= 4 is 35.0 Å². The Labute approximate surface area is 387 Å². The number of alkyl carbamates (subject to hydrolysis) is 2. The molecule has 4 amide bonds. The molecule has 9 rings (SSSR count). The summed E-state index contributed by atoms with van der Waals surface area (Å²) in [5, 5.41) is 5.52. The van der Waals surface area contributed by atoms with Crippen LogP contribution in [-0.2, 0) is 31.9 Å². The van der Waals surface area contributed by atoms with Crippen molar-refractivity contribution in [3.63, 3.8) is 0 Å². The average molecular weight is 897 g/mol. The zero-order valence-corrected chi connectivity index (χ0v) is 39.2. The number of amides is 4.